The molecule has 3 aliphatic heterocycles. The monoisotopic (exact) mass is 507 g/mol. The van der Waals surface area contributed by atoms with Gasteiger partial charge in [0.05, 0.1) is 29.8 Å². The summed E-state index contributed by atoms with van der Waals surface area (Å²) in [6.07, 6.45) is 4.96. The van der Waals surface area contributed by atoms with Crippen molar-refractivity contribution in [3.8, 4) is 11.6 Å². The third-order valence-electron chi connectivity index (χ3n) is 6.47. The summed E-state index contributed by atoms with van der Waals surface area (Å²) in [5, 5.41) is 11.3. The molecule has 0 unspecified atom stereocenters. The molecule has 37 heavy (non-hydrogen) atoms. The van der Waals surface area contributed by atoms with Gasteiger partial charge in [0.2, 0.25) is 5.91 Å². The fourth-order valence-electron chi connectivity index (χ4n) is 4.70. The lowest BCUT2D eigenvalue weighted by molar-refractivity contribution is -0.132. The van der Waals surface area contributed by atoms with Crippen molar-refractivity contribution in [2.45, 2.75) is 33.6 Å². The molecule has 0 aliphatic carbocycles. The van der Waals surface area contributed by atoms with Crippen molar-refractivity contribution in [3.05, 3.63) is 36.2 Å². The Morgan fingerprint density at radius 3 is 2.65 bits per heavy atom. The Morgan fingerprint density at radius 1 is 1.08 bits per heavy atom. The van der Waals surface area contributed by atoms with Crippen LogP contribution < -0.4 is 9.64 Å². The van der Waals surface area contributed by atoms with Gasteiger partial charge in [0.25, 0.3) is 0 Å². The first kappa shape index (κ1) is 26.4. The second kappa shape index (κ2) is 12.5. The molecule has 3 aliphatic rings. The van der Waals surface area contributed by atoms with Crippen LogP contribution in [-0.4, -0.2) is 94.4 Å². The number of benzene rings is 1. The van der Waals surface area contributed by atoms with E-state index in [0.717, 1.165) is 43.2 Å². The van der Waals surface area contributed by atoms with Crippen LogP contribution in [-0.2, 0) is 4.79 Å². The van der Waals surface area contributed by atoms with Crippen molar-refractivity contribution in [2.75, 3.05) is 57.3 Å². The molecule has 1 saturated heterocycles. The van der Waals surface area contributed by atoms with Gasteiger partial charge >= 0.3 is 0 Å². The van der Waals surface area contributed by atoms with Gasteiger partial charge in [0.1, 0.15) is 23.5 Å². The maximum Gasteiger partial charge on any atom is 0.236 e. The summed E-state index contributed by atoms with van der Waals surface area (Å²) in [7, 11) is 0. The van der Waals surface area contributed by atoms with E-state index in [1.54, 1.807) is 6.21 Å². The molecule has 3 aromatic rings. The van der Waals surface area contributed by atoms with Crippen molar-refractivity contribution >= 4 is 34.7 Å². The number of hydrogen-bond donors (Lipinski definition) is 2. The average Bonchev–Trinajstić information content (AvgIpc) is 3.26. The summed E-state index contributed by atoms with van der Waals surface area (Å²) in [6, 6.07) is 7.57. The molecule has 0 saturated carbocycles. The molecule has 10 heteroatoms. The average molecular weight is 508 g/mol. The lowest BCUT2D eigenvalue weighted by Gasteiger charge is -2.36. The molecule has 6 rings (SSSR count). The number of carbonyl (C=O) groups excluding carboxylic acids is 1. The highest BCUT2D eigenvalue weighted by Crippen LogP contribution is 2.32. The number of anilines is 1. The summed E-state index contributed by atoms with van der Waals surface area (Å²) < 4.78 is 5.96. The Morgan fingerprint density at radius 2 is 1.86 bits per heavy atom. The number of aliphatic imine (C=N–C) groups is 1. The molecule has 5 heterocycles. The number of amides is 1. The highest BCUT2D eigenvalue weighted by atomic mass is 16.5. The van der Waals surface area contributed by atoms with E-state index in [1.807, 2.05) is 43.0 Å². The Kier molecular flexibility index (Phi) is 8.95. The Labute approximate surface area is 218 Å². The second-order valence-electron chi connectivity index (χ2n) is 8.91. The van der Waals surface area contributed by atoms with E-state index in [4.69, 9.17) is 4.74 Å². The molecule has 4 bridgehead atoms. The number of rotatable bonds is 2. The maximum absolute atomic E-state index is 13.1. The van der Waals surface area contributed by atoms with Crippen LogP contribution in [0.15, 0.2) is 35.6 Å². The SMILES string of the molecule is CC.CCCN1CCCOc2cccc(c2)N=Cc2c(O)[nH]c3ncnc(c23)N2CCN(CC2)C(=O)C1. The summed E-state index contributed by atoms with van der Waals surface area (Å²) >= 11 is 0. The van der Waals surface area contributed by atoms with Crippen LogP contribution in [0.4, 0.5) is 11.5 Å². The van der Waals surface area contributed by atoms with Gasteiger partial charge in [-0.05, 0) is 31.5 Å². The molecule has 0 radical (unpaired) electrons. The fraction of sp³-hybridized carbons (Fsp3) is 0.481. The molecule has 198 valence electrons. The van der Waals surface area contributed by atoms with E-state index in [2.05, 4.69) is 36.7 Å². The smallest absolute Gasteiger partial charge is 0.236 e. The molecule has 10 nitrogen and oxygen atoms in total. The number of piperazine rings is 1. The second-order valence-corrected chi connectivity index (χ2v) is 8.91. The van der Waals surface area contributed by atoms with E-state index in [0.29, 0.717) is 55.9 Å². The molecule has 1 fully saturated rings. The van der Waals surface area contributed by atoms with Crippen LogP contribution in [0.5, 0.6) is 11.6 Å². The summed E-state index contributed by atoms with van der Waals surface area (Å²) in [4.78, 5) is 35.7. The van der Waals surface area contributed by atoms with Gasteiger partial charge in [0, 0.05) is 45.0 Å². The third kappa shape index (κ3) is 6.19. The van der Waals surface area contributed by atoms with Gasteiger partial charge in [0.15, 0.2) is 5.88 Å². The number of aromatic nitrogens is 3. The van der Waals surface area contributed by atoms with E-state index in [-0.39, 0.29) is 11.8 Å². The molecule has 2 aromatic heterocycles. The minimum absolute atomic E-state index is 0.00590. The zero-order chi connectivity index (χ0) is 26.2. The molecular weight excluding hydrogens is 470 g/mol. The number of nitrogens with one attached hydrogen (secondary N) is 1. The normalized spacial score (nSPS) is 17.0. The Balaban J connectivity index is 0.00000156. The van der Waals surface area contributed by atoms with Gasteiger partial charge in [-0.1, -0.05) is 26.8 Å². The highest BCUT2D eigenvalue weighted by Gasteiger charge is 2.26. The van der Waals surface area contributed by atoms with Crippen LogP contribution >= 0.6 is 0 Å². The van der Waals surface area contributed by atoms with E-state index >= 15 is 0 Å². The third-order valence-corrected chi connectivity index (χ3v) is 6.47. The standard InChI is InChI=1S/C25H31N7O3.C2H6/c1-2-7-30-8-4-13-35-19-6-3-5-18(14-19)26-15-20-22-23(29-25(20)34)27-17-28-24(22)32-11-9-31(10-12-32)21(33)16-30;1-2/h3,5-6,14-15,17,34H,2,4,7-13,16H2,1H3,(H,27,28,29);1-2H3. The predicted octanol–water partition coefficient (Wildman–Crippen LogP) is 3.58. The van der Waals surface area contributed by atoms with Crippen molar-refractivity contribution in [2.24, 2.45) is 4.99 Å². The predicted molar refractivity (Wildman–Crippen MR) is 146 cm³/mol. The number of H-pyrrole nitrogens is 1. The van der Waals surface area contributed by atoms with E-state index in [9.17, 15) is 9.90 Å². The first-order chi connectivity index (χ1) is 18.1. The number of nitrogens with zero attached hydrogens (tertiary/aromatic N) is 6. The Hall–Kier alpha value is -3.66. The summed E-state index contributed by atoms with van der Waals surface area (Å²) in [5.74, 6) is 1.61. The Bertz CT molecular complexity index is 1220. The van der Waals surface area contributed by atoms with Crippen LogP contribution in [0.25, 0.3) is 11.0 Å². The molecule has 1 amide bonds. The maximum atomic E-state index is 13.1. The largest absolute Gasteiger partial charge is 0.494 e. The molecule has 0 atom stereocenters. The zero-order valence-corrected chi connectivity index (χ0v) is 22.0. The van der Waals surface area contributed by atoms with Crippen LogP contribution in [0.1, 0.15) is 39.2 Å². The first-order valence-corrected chi connectivity index (χ1v) is 13.2. The number of hydrogen-bond acceptors (Lipinski definition) is 8. The lowest BCUT2D eigenvalue weighted by Crippen LogP contribution is -2.51. The quantitative estimate of drug-likeness (QED) is 0.545. The summed E-state index contributed by atoms with van der Waals surface area (Å²) in [5.41, 5.74) is 1.80. The van der Waals surface area contributed by atoms with Gasteiger partial charge in [-0.3, -0.25) is 14.7 Å². The molecule has 2 N–H and O–H groups in total. The number of fused-ring (bicyclic) bond motifs is 8. The van der Waals surface area contributed by atoms with Crippen molar-refractivity contribution < 1.29 is 14.6 Å². The van der Waals surface area contributed by atoms with Crippen LogP contribution in [0.3, 0.4) is 0 Å². The van der Waals surface area contributed by atoms with Gasteiger partial charge < -0.3 is 24.6 Å². The van der Waals surface area contributed by atoms with Crippen LogP contribution in [0, 0.1) is 0 Å². The number of ether oxygens (including phenoxy) is 1. The lowest BCUT2D eigenvalue weighted by atomic mass is 10.2. The van der Waals surface area contributed by atoms with Crippen molar-refractivity contribution in [1.29, 1.82) is 0 Å². The van der Waals surface area contributed by atoms with Gasteiger partial charge in [-0.15, -0.1) is 0 Å². The van der Waals surface area contributed by atoms with Gasteiger partial charge in [-0.2, -0.15) is 0 Å². The topological polar surface area (TPSA) is 110 Å². The zero-order valence-electron chi connectivity index (χ0n) is 22.0. The van der Waals surface area contributed by atoms with Gasteiger partial charge in [-0.25, -0.2) is 9.97 Å². The fourth-order valence-corrected chi connectivity index (χ4v) is 4.70. The molecule has 0 spiro atoms. The minimum Gasteiger partial charge on any atom is -0.494 e. The minimum atomic E-state index is -0.00590. The highest BCUT2D eigenvalue weighted by molar-refractivity contribution is 6.06. The number of aromatic amines is 1. The number of aromatic hydroxyl groups is 1. The van der Waals surface area contributed by atoms with E-state index in [1.165, 1.54) is 6.33 Å². The van der Waals surface area contributed by atoms with Crippen molar-refractivity contribution in [3.63, 3.8) is 0 Å². The molecule has 1 aromatic carbocycles. The molecular formula is C27H37N7O3. The van der Waals surface area contributed by atoms with Crippen molar-refractivity contribution in [1.82, 2.24) is 24.8 Å². The van der Waals surface area contributed by atoms with Crippen LogP contribution in [0.2, 0.25) is 0 Å². The summed E-state index contributed by atoms with van der Waals surface area (Å²) in [6.45, 7) is 11.4. The van der Waals surface area contributed by atoms with E-state index < -0.39 is 0 Å². The first-order valence-electron chi connectivity index (χ1n) is 13.2. The number of carbonyl (C=O) groups is 1.